The normalized spacial score (nSPS) is 11.8. The molecule has 0 aliphatic rings. The first-order chi connectivity index (χ1) is 9.38. The average molecular weight is 304 g/mol. The molecule has 1 aromatic carbocycles. The Labute approximate surface area is 119 Å². The van der Waals surface area contributed by atoms with Crippen molar-refractivity contribution in [1.82, 2.24) is 4.72 Å². The fraction of sp³-hybridized carbons (Fsp3) is 0.538. The summed E-state index contributed by atoms with van der Waals surface area (Å²) >= 11 is 0. The average Bonchev–Trinajstić information content (AvgIpc) is 2.37. The molecular formula is C13H21FN2O3S. The highest BCUT2D eigenvalue weighted by Crippen LogP contribution is 2.21. The molecule has 4 N–H and O–H groups in total. The van der Waals surface area contributed by atoms with Crippen molar-refractivity contribution in [1.29, 1.82) is 0 Å². The van der Waals surface area contributed by atoms with Crippen LogP contribution in [0.5, 0.6) is 0 Å². The van der Waals surface area contributed by atoms with Gasteiger partial charge in [0.05, 0.1) is 4.90 Å². The second kappa shape index (κ2) is 7.56. The minimum Gasteiger partial charge on any atom is -0.399 e. The van der Waals surface area contributed by atoms with Gasteiger partial charge in [-0.05, 0) is 31.9 Å². The summed E-state index contributed by atoms with van der Waals surface area (Å²) in [6.07, 6.45) is 3.06. The van der Waals surface area contributed by atoms with Crippen molar-refractivity contribution < 1.29 is 17.9 Å². The van der Waals surface area contributed by atoms with Crippen LogP contribution in [-0.4, -0.2) is 26.7 Å². The molecule has 0 amide bonds. The number of aliphatic hydroxyl groups excluding tert-OH is 1. The molecule has 0 atom stereocenters. The summed E-state index contributed by atoms with van der Waals surface area (Å²) in [4.78, 5) is -0.120. The smallest absolute Gasteiger partial charge is 0.241 e. The van der Waals surface area contributed by atoms with Crippen LogP contribution in [0.15, 0.2) is 17.0 Å². The quantitative estimate of drug-likeness (QED) is 0.502. The third-order valence-electron chi connectivity index (χ3n) is 2.99. The van der Waals surface area contributed by atoms with Crippen molar-refractivity contribution in [3.05, 3.63) is 23.5 Å². The fourth-order valence-corrected chi connectivity index (χ4v) is 3.19. The van der Waals surface area contributed by atoms with Crippen molar-refractivity contribution in [3.8, 4) is 0 Å². The summed E-state index contributed by atoms with van der Waals surface area (Å²) in [6, 6.07) is 2.36. The van der Waals surface area contributed by atoms with Crippen molar-refractivity contribution in [3.63, 3.8) is 0 Å². The second-order valence-corrected chi connectivity index (χ2v) is 6.40. The van der Waals surface area contributed by atoms with Gasteiger partial charge in [0.25, 0.3) is 0 Å². The largest absolute Gasteiger partial charge is 0.399 e. The standard InChI is InChI=1S/C13H21FN2O3S/c1-10-12(14)8-11(15)9-13(10)20(18,19)16-6-4-2-3-5-7-17/h8-9,16-17H,2-7,15H2,1H3. The zero-order valence-corrected chi connectivity index (χ0v) is 12.3. The van der Waals surface area contributed by atoms with E-state index in [1.807, 2.05) is 0 Å². The van der Waals surface area contributed by atoms with E-state index in [2.05, 4.69) is 4.72 Å². The molecule has 1 rings (SSSR count). The highest BCUT2D eigenvalue weighted by Gasteiger charge is 2.19. The highest BCUT2D eigenvalue weighted by atomic mass is 32.2. The van der Waals surface area contributed by atoms with Crippen LogP contribution in [0, 0.1) is 12.7 Å². The molecule has 0 aliphatic carbocycles. The SMILES string of the molecule is Cc1c(F)cc(N)cc1S(=O)(=O)NCCCCCCO. The Kier molecular flexibility index (Phi) is 6.38. The summed E-state index contributed by atoms with van der Waals surface area (Å²) < 4.78 is 40.1. The van der Waals surface area contributed by atoms with Gasteiger partial charge in [-0.3, -0.25) is 0 Å². The van der Waals surface area contributed by atoms with E-state index in [9.17, 15) is 12.8 Å². The summed E-state index contributed by atoms with van der Waals surface area (Å²) in [7, 11) is -3.75. The van der Waals surface area contributed by atoms with Crippen molar-refractivity contribution >= 4 is 15.7 Å². The predicted octanol–water partition coefficient (Wildman–Crippen LogP) is 1.55. The summed E-state index contributed by atoms with van der Waals surface area (Å²) in [6.45, 7) is 1.84. The Morgan fingerprint density at radius 2 is 1.90 bits per heavy atom. The third-order valence-corrected chi connectivity index (χ3v) is 4.57. The number of nitrogens with one attached hydrogen (secondary N) is 1. The van der Waals surface area contributed by atoms with E-state index in [0.717, 1.165) is 18.9 Å². The Bertz CT molecular complexity index is 547. The number of nitrogens with two attached hydrogens (primary N) is 1. The Morgan fingerprint density at radius 3 is 2.55 bits per heavy atom. The molecule has 0 spiro atoms. The van der Waals surface area contributed by atoms with Crippen LogP contribution < -0.4 is 10.5 Å². The van der Waals surface area contributed by atoms with Crippen LogP contribution in [0.25, 0.3) is 0 Å². The number of hydrogen-bond acceptors (Lipinski definition) is 4. The van der Waals surface area contributed by atoms with Gasteiger partial charge in [0.2, 0.25) is 10.0 Å². The molecule has 0 saturated heterocycles. The number of anilines is 1. The van der Waals surface area contributed by atoms with Crippen LogP contribution >= 0.6 is 0 Å². The van der Waals surface area contributed by atoms with Crippen molar-refractivity contribution in [2.75, 3.05) is 18.9 Å². The lowest BCUT2D eigenvalue weighted by Gasteiger charge is -2.10. The van der Waals surface area contributed by atoms with Crippen LogP contribution in [0.1, 0.15) is 31.2 Å². The van der Waals surface area contributed by atoms with Gasteiger partial charge in [-0.25, -0.2) is 17.5 Å². The molecule has 7 heteroatoms. The molecule has 0 fully saturated rings. The third kappa shape index (κ3) is 4.73. The first kappa shape index (κ1) is 16.9. The fourth-order valence-electron chi connectivity index (χ4n) is 1.83. The first-order valence-electron chi connectivity index (χ1n) is 6.54. The molecule has 1 aromatic rings. The van der Waals surface area contributed by atoms with Gasteiger partial charge in [0, 0.05) is 24.4 Å². The number of sulfonamides is 1. The van der Waals surface area contributed by atoms with E-state index in [-0.39, 0.29) is 29.3 Å². The maximum Gasteiger partial charge on any atom is 0.241 e. The molecule has 0 saturated carbocycles. The monoisotopic (exact) mass is 304 g/mol. The number of rotatable bonds is 8. The molecule has 114 valence electrons. The molecule has 0 radical (unpaired) electrons. The zero-order chi connectivity index (χ0) is 15.2. The Balaban J connectivity index is 2.65. The van der Waals surface area contributed by atoms with E-state index in [1.165, 1.54) is 13.0 Å². The van der Waals surface area contributed by atoms with E-state index in [4.69, 9.17) is 10.8 Å². The lowest BCUT2D eigenvalue weighted by atomic mass is 10.2. The summed E-state index contributed by atoms with van der Waals surface area (Å²) in [5.41, 5.74) is 5.62. The van der Waals surface area contributed by atoms with Gasteiger partial charge in [0.1, 0.15) is 5.82 Å². The molecule has 20 heavy (non-hydrogen) atoms. The van der Waals surface area contributed by atoms with Crippen LogP contribution in [0.3, 0.4) is 0 Å². The van der Waals surface area contributed by atoms with Gasteiger partial charge in [-0.15, -0.1) is 0 Å². The van der Waals surface area contributed by atoms with Crippen molar-refractivity contribution in [2.24, 2.45) is 0 Å². The number of hydrogen-bond donors (Lipinski definition) is 3. The van der Waals surface area contributed by atoms with E-state index >= 15 is 0 Å². The van der Waals surface area contributed by atoms with Gasteiger partial charge in [0.15, 0.2) is 0 Å². The van der Waals surface area contributed by atoms with E-state index in [0.29, 0.717) is 12.8 Å². The second-order valence-electron chi connectivity index (χ2n) is 4.66. The summed E-state index contributed by atoms with van der Waals surface area (Å²) in [5, 5.41) is 8.62. The lowest BCUT2D eigenvalue weighted by molar-refractivity contribution is 0.282. The van der Waals surface area contributed by atoms with Crippen LogP contribution in [0.4, 0.5) is 10.1 Å². The number of halogens is 1. The van der Waals surface area contributed by atoms with Crippen LogP contribution in [0.2, 0.25) is 0 Å². The number of aliphatic hydroxyl groups is 1. The summed E-state index contributed by atoms with van der Waals surface area (Å²) in [5.74, 6) is -0.631. The number of unbranched alkanes of at least 4 members (excludes halogenated alkanes) is 3. The highest BCUT2D eigenvalue weighted by molar-refractivity contribution is 7.89. The van der Waals surface area contributed by atoms with Gasteiger partial charge >= 0.3 is 0 Å². The predicted molar refractivity (Wildman–Crippen MR) is 76.3 cm³/mol. The minimum absolute atomic E-state index is 0.0620. The zero-order valence-electron chi connectivity index (χ0n) is 11.5. The minimum atomic E-state index is -3.75. The topological polar surface area (TPSA) is 92.4 Å². The molecular weight excluding hydrogens is 283 g/mol. The maximum absolute atomic E-state index is 13.5. The molecule has 0 aromatic heterocycles. The maximum atomic E-state index is 13.5. The Morgan fingerprint density at radius 1 is 1.25 bits per heavy atom. The Hall–Kier alpha value is -1.18. The van der Waals surface area contributed by atoms with Gasteiger partial charge in [-0.2, -0.15) is 0 Å². The number of benzene rings is 1. The molecule has 0 aliphatic heterocycles. The molecule has 0 bridgehead atoms. The number of nitrogen functional groups attached to an aromatic ring is 1. The molecule has 0 unspecified atom stereocenters. The first-order valence-corrected chi connectivity index (χ1v) is 8.03. The van der Waals surface area contributed by atoms with E-state index < -0.39 is 15.8 Å². The lowest BCUT2D eigenvalue weighted by Crippen LogP contribution is -2.26. The molecule has 5 nitrogen and oxygen atoms in total. The van der Waals surface area contributed by atoms with Gasteiger partial charge in [-0.1, -0.05) is 12.8 Å². The van der Waals surface area contributed by atoms with Gasteiger partial charge < -0.3 is 10.8 Å². The van der Waals surface area contributed by atoms with Crippen molar-refractivity contribution in [2.45, 2.75) is 37.5 Å². The van der Waals surface area contributed by atoms with Crippen LogP contribution in [-0.2, 0) is 10.0 Å². The van der Waals surface area contributed by atoms with E-state index in [1.54, 1.807) is 0 Å². The molecule has 0 heterocycles.